The van der Waals surface area contributed by atoms with Crippen LogP contribution in [0.25, 0.3) is 0 Å². The number of rotatable bonds is 8. The van der Waals surface area contributed by atoms with E-state index in [0.29, 0.717) is 6.54 Å². The summed E-state index contributed by atoms with van der Waals surface area (Å²) in [5.74, 6) is 0. The molecule has 0 bridgehead atoms. The fourth-order valence-corrected chi connectivity index (χ4v) is 1.88. The fraction of sp³-hybridized carbons (Fsp3) is 0.769. The summed E-state index contributed by atoms with van der Waals surface area (Å²) < 4.78 is 5.27. The van der Waals surface area contributed by atoms with Crippen LogP contribution in [0.4, 0.5) is 0 Å². The second-order valence-corrected chi connectivity index (χ2v) is 5.69. The molecule has 17 heavy (non-hydrogen) atoms. The third kappa shape index (κ3) is 6.44. The Labute approximate surface area is 105 Å². The Kier molecular flexibility index (Phi) is 5.65. The van der Waals surface area contributed by atoms with Crippen LogP contribution in [0.2, 0.25) is 0 Å². The minimum atomic E-state index is 0.207. The molecular formula is C13H27N3O+2. The molecule has 0 saturated heterocycles. The number of hydrogen-bond acceptors (Lipinski definition) is 1. The zero-order valence-electron chi connectivity index (χ0n) is 11.5. The summed E-state index contributed by atoms with van der Waals surface area (Å²) in [4.78, 5) is 0. The Morgan fingerprint density at radius 1 is 1.18 bits per heavy atom. The highest BCUT2D eigenvalue weighted by molar-refractivity contribution is 4.65. The van der Waals surface area contributed by atoms with Gasteiger partial charge in [0.1, 0.15) is 18.9 Å². The Bertz CT molecular complexity index is 315. The molecule has 0 spiro atoms. The third-order valence-corrected chi connectivity index (χ3v) is 2.85. The number of aryl methyl sites for hydroxylation is 1. The van der Waals surface area contributed by atoms with Crippen LogP contribution in [0.15, 0.2) is 18.7 Å². The lowest BCUT2D eigenvalue weighted by Gasteiger charge is -2.23. The van der Waals surface area contributed by atoms with Crippen molar-refractivity contribution >= 4 is 0 Å². The highest BCUT2D eigenvalue weighted by atomic mass is 16.3. The lowest BCUT2D eigenvalue weighted by Crippen LogP contribution is -2.35. The average molecular weight is 241 g/mol. The van der Waals surface area contributed by atoms with Gasteiger partial charge in [0.2, 0.25) is 6.33 Å². The molecule has 0 fully saturated rings. The lowest BCUT2D eigenvalue weighted by atomic mass is 10.2. The van der Waals surface area contributed by atoms with E-state index in [1.807, 2.05) is 10.8 Å². The van der Waals surface area contributed by atoms with Crippen LogP contribution >= 0.6 is 0 Å². The van der Waals surface area contributed by atoms with Crippen LogP contribution in [-0.4, -0.2) is 48.5 Å². The van der Waals surface area contributed by atoms with Gasteiger partial charge in [-0.05, 0) is 19.3 Å². The maximum atomic E-state index is 8.82. The van der Waals surface area contributed by atoms with Crippen molar-refractivity contribution in [1.29, 1.82) is 0 Å². The first-order valence-corrected chi connectivity index (χ1v) is 6.47. The van der Waals surface area contributed by atoms with Gasteiger partial charge in [0.25, 0.3) is 0 Å². The molecule has 1 N–H and O–H groups in total. The fourth-order valence-electron chi connectivity index (χ4n) is 1.88. The van der Waals surface area contributed by atoms with Gasteiger partial charge >= 0.3 is 0 Å². The normalized spacial score (nSPS) is 12.0. The maximum Gasteiger partial charge on any atom is 0.243 e. The Balaban J connectivity index is 2.13. The van der Waals surface area contributed by atoms with E-state index in [0.717, 1.165) is 11.0 Å². The molecule has 0 radical (unpaired) electrons. The molecule has 0 saturated carbocycles. The zero-order valence-corrected chi connectivity index (χ0v) is 11.5. The summed E-state index contributed by atoms with van der Waals surface area (Å²) in [7, 11) is 6.72. The molecule has 0 unspecified atom stereocenters. The van der Waals surface area contributed by atoms with E-state index >= 15 is 0 Å². The number of hydrogen-bond donors (Lipinski definition) is 1. The summed E-state index contributed by atoms with van der Waals surface area (Å²) in [6, 6.07) is 0. The van der Waals surface area contributed by atoms with Gasteiger partial charge in [-0.1, -0.05) is 0 Å². The summed E-state index contributed by atoms with van der Waals surface area (Å²) in [5, 5.41) is 8.82. The highest BCUT2D eigenvalue weighted by Crippen LogP contribution is 2.00. The smallest absolute Gasteiger partial charge is 0.243 e. The Morgan fingerprint density at radius 2 is 1.94 bits per heavy atom. The minimum absolute atomic E-state index is 0.207. The van der Waals surface area contributed by atoms with E-state index in [2.05, 4.69) is 38.2 Å². The molecule has 0 aliphatic carbocycles. The van der Waals surface area contributed by atoms with Crippen molar-refractivity contribution in [1.82, 2.24) is 4.57 Å². The molecule has 1 aromatic heterocycles. The lowest BCUT2D eigenvalue weighted by molar-refractivity contribution is -0.870. The molecular weight excluding hydrogens is 214 g/mol. The van der Waals surface area contributed by atoms with Gasteiger partial charge < -0.3 is 9.59 Å². The number of unbranched alkanes of at least 4 members (excludes halogenated alkanes) is 2. The number of quaternary nitrogens is 1. The zero-order chi connectivity index (χ0) is 12.7. The van der Waals surface area contributed by atoms with Crippen molar-refractivity contribution in [3.05, 3.63) is 18.7 Å². The van der Waals surface area contributed by atoms with Crippen LogP contribution in [0.3, 0.4) is 0 Å². The Morgan fingerprint density at radius 3 is 2.59 bits per heavy atom. The summed E-state index contributed by atoms with van der Waals surface area (Å²) in [5.41, 5.74) is 0. The molecule has 0 aliphatic rings. The maximum absolute atomic E-state index is 8.82. The molecule has 4 nitrogen and oxygen atoms in total. The van der Waals surface area contributed by atoms with Crippen LogP contribution in [-0.2, 0) is 13.1 Å². The first kappa shape index (κ1) is 14.2. The van der Waals surface area contributed by atoms with Gasteiger partial charge in [-0.25, -0.2) is 9.13 Å². The van der Waals surface area contributed by atoms with Crippen LogP contribution in [0.1, 0.15) is 19.3 Å². The molecule has 0 aromatic carbocycles. The largest absolute Gasteiger partial charge is 0.392 e. The van der Waals surface area contributed by atoms with Crippen molar-refractivity contribution in [2.45, 2.75) is 32.4 Å². The van der Waals surface area contributed by atoms with Gasteiger partial charge in [0.05, 0.1) is 40.8 Å². The standard InChI is InChI=1S/C13H27N3O/c1-16(2,3)11-6-4-5-7-14-8-9-15(13-14)10-12-17/h8-9,13,17H,4-7,10-12H2,1-3H3/q+2. The highest BCUT2D eigenvalue weighted by Gasteiger charge is 2.06. The van der Waals surface area contributed by atoms with Crippen LogP contribution in [0, 0.1) is 0 Å². The molecule has 0 aliphatic heterocycles. The van der Waals surface area contributed by atoms with E-state index in [1.54, 1.807) is 0 Å². The third-order valence-electron chi connectivity index (χ3n) is 2.85. The molecule has 1 rings (SSSR count). The van der Waals surface area contributed by atoms with Crippen molar-refractivity contribution in [2.75, 3.05) is 34.3 Å². The number of nitrogens with zero attached hydrogens (tertiary/aromatic N) is 3. The van der Waals surface area contributed by atoms with E-state index < -0.39 is 0 Å². The van der Waals surface area contributed by atoms with Gasteiger partial charge in [-0.15, -0.1) is 0 Å². The summed E-state index contributed by atoms with van der Waals surface area (Å²) in [6.07, 6.45) is 9.97. The topological polar surface area (TPSA) is 29.0 Å². The van der Waals surface area contributed by atoms with E-state index in [9.17, 15) is 0 Å². The Hall–Kier alpha value is -0.870. The molecule has 98 valence electrons. The van der Waals surface area contributed by atoms with Crippen molar-refractivity contribution < 1.29 is 14.2 Å². The minimum Gasteiger partial charge on any atom is -0.392 e. The van der Waals surface area contributed by atoms with Crippen LogP contribution < -0.4 is 4.57 Å². The predicted molar refractivity (Wildman–Crippen MR) is 68.5 cm³/mol. The average Bonchev–Trinajstić information content (AvgIpc) is 2.64. The second kappa shape index (κ2) is 6.77. The first-order valence-electron chi connectivity index (χ1n) is 6.47. The number of aromatic nitrogens is 2. The van der Waals surface area contributed by atoms with Gasteiger partial charge in [0.15, 0.2) is 0 Å². The molecule has 0 amide bonds. The predicted octanol–water partition coefficient (Wildman–Crippen LogP) is 0.644. The first-order chi connectivity index (χ1) is 8.01. The molecule has 4 heteroatoms. The molecule has 1 heterocycles. The van der Waals surface area contributed by atoms with E-state index in [1.165, 1.54) is 25.8 Å². The summed E-state index contributed by atoms with van der Waals surface area (Å²) >= 11 is 0. The monoisotopic (exact) mass is 241 g/mol. The number of aliphatic hydroxyl groups is 1. The molecule has 0 atom stereocenters. The summed E-state index contributed by atoms with van der Waals surface area (Å²) in [6.45, 7) is 3.22. The quantitative estimate of drug-likeness (QED) is 0.404. The number of aliphatic hydroxyl groups excluding tert-OH is 1. The van der Waals surface area contributed by atoms with Gasteiger partial charge in [0, 0.05) is 0 Å². The SMILES string of the molecule is C[N+](C)(C)CCCCC[n+]1ccn(CCO)c1. The van der Waals surface area contributed by atoms with Gasteiger partial charge in [-0.3, -0.25) is 0 Å². The van der Waals surface area contributed by atoms with E-state index in [-0.39, 0.29) is 6.61 Å². The van der Waals surface area contributed by atoms with Crippen molar-refractivity contribution in [2.24, 2.45) is 0 Å². The number of imidazole rings is 1. The van der Waals surface area contributed by atoms with Crippen molar-refractivity contribution in [3.8, 4) is 0 Å². The van der Waals surface area contributed by atoms with Gasteiger partial charge in [-0.2, -0.15) is 0 Å². The molecule has 1 aromatic rings. The van der Waals surface area contributed by atoms with Crippen LogP contribution in [0.5, 0.6) is 0 Å². The second-order valence-electron chi connectivity index (χ2n) is 5.69. The van der Waals surface area contributed by atoms with E-state index in [4.69, 9.17) is 5.11 Å². The van der Waals surface area contributed by atoms with Crippen molar-refractivity contribution in [3.63, 3.8) is 0 Å².